The Bertz CT molecular complexity index is 375. The van der Waals surface area contributed by atoms with Crippen LogP contribution >= 0.6 is 0 Å². The van der Waals surface area contributed by atoms with Gasteiger partial charge in [-0.05, 0) is 38.8 Å². The molecular weight excluding hydrogens is 288 g/mol. The topological polar surface area (TPSA) is 30.0 Å². The van der Waals surface area contributed by atoms with Gasteiger partial charge < -0.3 is 14.7 Å². The third-order valence-corrected chi connectivity index (χ3v) is 5.97. The van der Waals surface area contributed by atoms with Gasteiger partial charge in [-0.15, -0.1) is 0 Å². The summed E-state index contributed by atoms with van der Waals surface area (Å²) >= 11 is 0. The van der Waals surface area contributed by atoms with E-state index in [0.29, 0.717) is 5.91 Å². The summed E-state index contributed by atoms with van der Waals surface area (Å²) in [4.78, 5) is 22.1. The van der Waals surface area contributed by atoms with E-state index in [1.807, 2.05) is 0 Å². The van der Waals surface area contributed by atoms with Crippen LogP contribution in [-0.4, -0.2) is 97.0 Å². The van der Waals surface area contributed by atoms with E-state index < -0.39 is 0 Å². The molecule has 0 aliphatic carbocycles. The zero-order valence-electron chi connectivity index (χ0n) is 14.9. The zero-order chi connectivity index (χ0) is 16.1. The lowest BCUT2D eigenvalue weighted by atomic mass is 10.1. The average Bonchev–Trinajstić information content (AvgIpc) is 3.09. The van der Waals surface area contributed by atoms with Crippen LogP contribution in [0, 0.1) is 0 Å². The summed E-state index contributed by atoms with van der Waals surface area (Å²) < 4.78 is 0. The van der Waals surface area contributed by atoms with Crippen molar-refractivity contribution >= 4 is 5.91 Å². The van der Waals surface area contributed by atoms with Gasteiger partial charge in [0, 0.05) is 64.8 Å². The fourth-order valence-electron chi connectivity index (χ4n) is 4.31. The second-order valence-electron chi connectivity index (χ2n) is 7.40. The number of rotatable bonds is 5. The normalized spacial score (nSPS) is 28.4. The molecular formula is C18H34N4O. The summed E-state index contributed by atoms with van der Waals surface area (Å²) in [6.45, 7) is 13.6. The Morgan fingerprint density at radius 2 is 1.65 bits per heavy atom. The van der Waals surface area contributed by atoms with E-state index in [9.17, 15) is 4.79 Å². The highest BCUT2D eigenvalue weighted by Gasteiger charge is 2.30. The molecule has 0 bridgehead atoms. The summed E-state index contributed by atoms with van der Waals surface area (Å²) in [6, 6.07) is 0.721. The molecule has 1 unspecified atom stereocenters. The standard InChI is InChI=1S/C18H34N4O/c1-2-19-12-14-21(15-13-19)17-6-10-20(16-17)11-7-18(23)22-8-4-3-5-9-22/h17H,2-16H2,1H3. The lowest BCUT2D eigenvalue weighted by Crippen LogP contribution is -2.50. The van der Waals surface area contributed by atoms with Gasteiger partial charge in [0.1, 0.15) is 0 Å². The number of amides is 1. The highest BCUT2D eigenvalue weighted by Crippen LogP contribution is 2.18. The molecule has 0 aromatic rings. The number of piperazine rings is 1. The lowest BCUT2D eigenvalue weighted by Gasteiger charge is -2.37. The molecule has 3 fully saturated rings. The number of piperidine rings is 1. The molecule has 3 rings (SSSR count). The molecule has 0 N–H and O–H groups in total. The van der Waals surface area contributed by atoms with Gasteiger partial charge >= 0.3 is 0 Å². The van der Waals surface area contributed by atoms with Crippen LogP contribution < -0.4 is 0 Å². The molecule has 3 heterocycles. The van der Waals surface area contributed by atoms with Gasteiger partial charge in [0.05, 0.1) is 0 Å². The number of hydrogen-bond acceptors (Lipinski definition) is 4. The molecule has 3 aliphatic rings. The maximum atomic E-state index is 12.3. The summed E-state index contributed by atoms with van der Waals surface area (Å²) in [5.74, 6) is 0.379. The molecule has 0 aromatic carbocycles. The average molecular weight is 322 g/mol. The maximum Gasteiger partial charge on any atom is 0.223 e. The van der Waals surface area contributed by atoms with E-state index in [-0.39, 0.29) is 0 Å². The monoisotopic (exact) mass is 322 g/mol. The van der Waals surface area contributed by atoms with Gasteiger partial charge in [-0.25, -0.2) is 0 Å². The number of hydrogen-bond donors (Lipinski definition) is 0. The Morgan fingerprint density at radius 1 is 0.913 bits per heavy atom. The molecule has 5 heteroatoms. The molecule has 0 radical (unpaired) electrons. The smallest absolute Gasteiger partial charge is 0.223 e. The largest absolute Gasteiger partial charge is 0.343 e. The second kappa shape index (κ2) is 8.45. The van der Waals surface area contributed by atoms with Gasteiger partial charge in [0.2, 0.25) is 5.91 Å². The van der Waals surface area contributed by atoms with Gasteiger partial charge in [-0.2, -0.15) is 0 Å². The summed E-state index contributed by atoms with van der Waals surface area (Å²) in [6.07, 6.45) is 5.69. The Kier molecular flexibility index (Phi) is 6.31. The fourth-order valence-corrected chi connectivity index (χ4v) is 4.31. The van der Waals surface area contributed by atoms with Crippen LogP contribution in [0.15, 0.2) is 0 Å². The molecule has 3 aliphatic heterocycles. The first-order valence-electron chi connectivity index (χ1n) is 9.73. The van der Waals surface area contributed by atoms with Crippen molar-refractivity contribution in [2.45, 2.75) is 45.1 Å². The Morgan fingerprint density at radius 3 is 2.35 bits per heavy atom. The summed E-state index contributed by atoms with van der Waals surface area (Å²) in [5.41, 5.74) is 0. The Hall–Kier alpha value is -0.650. The fraction of sp³-hybridized carbons (Fsp3) is 0.944. The zero-order valence-corrected chi connectivity index (χ0v) is 14.9. The Balaban J connectivity index is 1.36. The van der Waals surface area contributed by atoms with Crippen molar-refractivity contribution in [3.63, 3.8) is 0 Å². The van der Waals surface area contributed by atoms with Gasteiger partial charge in [-0.3, -0.25) is 9.69 Å². The third-order valence-electron chi connectivity index (χ3n) is 5.97. The summed E-state index contributed by atoms with van der Waals surface area (Å²) in [5, 5.41) is 0. The number of carbonyl (C=O) groups excluding carboxylic acids is 1. The second-order valence-corrected chi connectivity index (χ2v) is 7.40. The third kappa shape index (κ3) is 4.68. The van der Waals surface area contributed by atoms with Crippen LogP contribution in [0.2, 0.25) is 0 Å². The van der Waals surface area contributed by atoms with E-state index in [4.69, 9.17) is 0 Å². The van der Waals surface area contributed by atoms with Crippen molar-refractivity contribution in [1.29, 1.82) is 0 Å². The molecule has 5 nitrogen and oxygen atoms in total. The van der Waals surface area contributed by atoms with Crippen molar-refractivity contribution in [3.8, 4) is 0 Å². The first-order chi connectivity index (χ1) is 11.3. The molecule has 3 saturated heterocycles. The van der Waals surface area contributed by atoms with Crippen LogP contribution in [0.3, 0.4) is 0 Å². The first kappa shape index (κ1) is 17.2. The van der Waals surface area contributed by atoms with Crippen molar-refractivity contribution in [1.82, 2.24) is 19.6 Å². The van der Waals surface area contributed by atoms with E-state index in [1.54, 1.807) is 0 Å². The van der Waals surface area contributed by atoms with Crippen LogP contribution in [0.25, 0.3) is 0 Å². The molecule has 132 valence electrons. The van der Waals surface area contributed by atoms with E-state index >= 15 is 0 Å². The van der Waals surface area contributed by atoms with Crippen LogP contribution in [0.1, 0.15) is 39.0 Å². The molecule has 1 atom stereocenters. The molecule has 0 spiro atoms. The number of carbonyl (C=O) groups is 1. The SMILES string of the molecule is CCN1CCN(C2CCN(CCC(=O)N3CCCCC3)C2)CC1. The minimum absolute atomic E-state index is 0.379. The predicted octanol–water partition coefficient (Wildman–Crippen LogP) is 1.10. The minimum atomic E-state index is 0.379. The number of nitrogens with zero attached hydrogens (tertiary/aromatic N) is 4. The number of likely N-dealkylation sites (N-methyl/N-ethyl adjacent to an activating group) is 1. The molecule has 1 amide bonds. The van der Waals surface area contributed by atoms with E-state index in [1.165, 1.54) is 71.5 Å². The Labute approximate surface area is 141 Å². The highest BCUT2D eigenvalue weighted by atomic mass is 16.2. The van der Waals surface area contributed by atoms with Crippen molar-refractivity contribution in [3.05, 3.63) is 0 Å². The first-order valence-corrected chi connectivity index (χ1v) is 9.73. The van der Waals surface area contributed by atoms with Crippen LogP contribution in [0.5, 0.6) is 0 Å². The predicted molar refractivity (Wildman–Crippen MR) is 93.6 cm³/mol. The van der Waals surface area contributed by atoms with Crippen molar-refractivity contribution in [2.24, 2.45) is 0 Å². The summed E-state index contributed by atoms with van der Waals surface area (Å²) in [7, 11) is 0. The van der Waals surface area contributed by atoms with E-state index in [2.05, 4.69) is 26.5 Å². The van der Waals surface area contributed by atoms with Gasteiger partial charge in [0.15, 0.2) is 0 Å². The van der Waals surface area contributed by atoms with Crippen molar-refractivity contribution < 1.29 is 4.79 Å². The van der Waals surface area contributed by atoms with Crippen LogP contribution in [-0.2, 0) is 4.79 Å². The highest BCUT2D eigenvalue weighted by molar-refractivity contribution is 5.76. The van der Waals surface area contributed by atoms with Gasteiger partial charge in [0.25, 0.3) is 0 Å². The van der Waals surface area contributed by atoms with Crippen molar-refractivity contribution in [2.75, 3.05) is 65.4 Å². The molecule has 0 saturated carbocycles. The number of likely N-dealkylation sites (tertiary alicyclic amines) is 2. The quantitative estimate of drug-likeness (QED) is 0.758. The van der Waals surface area contributed by atoms with Crippen LogP contribution in [0.4, 0.5) is 0 Å². The lowest BCUT2D eigenvalue weighted by molar-refractivity contribution is -0.132. The van der Waals surface area contributed by atoms with Gasteiger partial charge in [-0.1, -0.05) is 6.92 Å². The molecule has 23 heavy (non-hydrogen) atoms. The molecule has 0 aromatic heterocycles. The maximum absolute atomic E-state index is 12.3. The minimum Gasteiger partial charge on any atom is -0.343 e. The van der Waals surface area contributed by atoms with E-state index in [0.717, 1.165) is 32.1 Å².